The van der Waals surface area contributed by atoms with E-state index in [1.165, 1.54) is 11.3 Å². The number of aromatic nitrogens is 1. The summed E-state index contributed by atoms with van der Waals surface area (Å²) in [6, 6.07) is 7.20. The molecule has 1 fully saturated rings. The molecule has 1 saturated carbocycles. The molecule has 0 spiro atoms. The summed E-state index contributed by atoms with van der Waals surface area (Å²) in [6.07, 6.45) is 4.19. The highest BCUT2D eigenvalue weighted by molar-refractivity contribution is 7.13. The van der Waals surface area contributed by atoms with Gasteiger partial charge in [0, 0.05) is 11.1 Å². The molecule has 8 heteroatoms. The molecule has 0 atom stereocenters. The first-order chi connectivity index (χ1) is 13.9. The number of nitrogens with zero attached hydrogens (tertiary/aromatic N) is 1. The minimum Gasteiger partial charge on any atom is -0.486 e. The van der Waals surface area contributed by atoms with Gasteiger partial charge in [-0.3, -0.25) is 4.79 Å². The van der Waals surface area contributed by atoms with Crippen molar-refractivity contribution in [2.24, 2.45) is 5.92 Å². The van der Waals surface area contributed by atoms with Crippen LogP contribution in [0.5, 0.6) is 5.75 Å². The van der Waals surface area contributed by atoms with Gasteiger partial charge in [-0.2, -0.15) is 0 Å². The molecule has 0 saturated heterocycles. The van der Waals surface area contributed by atoms with E-state index < -0.39 is 5.97 Å². The minimum atomic E-state index is -0.537. The topological polar surface area (TPSA) is 77.5 Å². The number of ether oxygens (including phenoxy) is 2. The van der Waals surface area contributed by atoms with E-state index >= 15 is 0 Å². The molecule has 0 unspecified atom stereocenters. The molecule has 29 heavy (non-hydrogen) atoms. The fraction of sp³-hybridized carbons (Fsp3) is 0.476. The number of thiazole rings is 1. The molecular weight excluding hydrogens is 412 g/mol. The van der Waals surface area contributed by atoms with Gasteiger partial charge in [-0.25, -0.2) is 9.78 Å². The number of hydrogen-bond donors (Lipinski definition) is 1. The molecule has 156 valence electrons. The van der Waals surface area contributed by atoms with E-state index in [1.54, 1.807) is 31.2 Å². The van der Waals surface area contributed by atoms with Crippen molar-refractivity contribution in [3.05, 3.63) is 44.9 Å². The molecule has 1 N–H and O–H groups in total. The zero-order valence-electron chi connectivity index (χ0n) is 16.6. The van der Waals surface area contributed by atoms with Gasteiger partial charge >= 0.3 is 5.97 Å². The third-order valence-electron chi connectivity index (χ3n) is 4.92. The Morgan fingerprint density at radius 2 is 1.90 bits per heavy atom. The van der Waals surface area contributed by atoms with Crippen molar-refractivity contribution in [2.45, 2.75) is 52.2 Å². The minimum absolute atomic E-state index is 0.180. The van der Waals surface area contributed by atoms with Gasteiger partial charge in [-0.05, 0) is 62.8 Å². The summed E-state index contributed by atoms with van der Waals surface area (Å²) in [4.78, 5) is 29.2. The quantitative estimate of drug-likeness (QED) is 0.645. The number of amides is 1. The average Bonchev–Trinajstić information content (AvgIpc) is 3.08. The molecule has 1 aliphatic carbocycles. The lowest BCUT2D eigenvalue weighted by atomic mass is 9.87. The maximum Gasteiger partial charge on any atom is 0.350 e. The Bertz CT molecular complexity index is 845. The average molecular weight is 437 g/mol. The van der Waals surface area contributed by atoms with Crippen LogP contribution in [0.25, 0.3) is 0 Å². The van der Waals surface area contributed by atoms with Crippen LogP contribution in [0.3, 0.4) is 0 Å². The number of carbonyl (C=O) groups is 2. The van der Waals surface area contributed by atoms with Gasteiger partial charge in [0.25, 0.3) is 5.91 Å². The Morgan fingerprint density at radius 3 is 2.59 bits per heavy atom. The molecule has 1 aromatic carbocycles. The molecule has 0 aliphatic heterocycles. The zero-order chi connectivity index (χ0) is 20.8. The third-order valence-corrected chi connectivity index (χ3v) is 6.28. The van der Waals surface area contributed by atoms with Gasteiger partial charge in [0.1, 0.15) is 22.2 Å². The highest BCUT2D eigenvalue weighted by atomic mass is 35.5. The zero-order valence-corrected chi connectivity index (χ0v) is 18.1. The fourth-order valence-electron chi connectivity index (χ4n) is 3.25. The third kappa shape index (κ3) is 6.44. The van der Waals surface area contributed by atoms with E-state index in [9.17, 15) is 9.59 Å². The largest absolute Gasteiger partial charge is 0.486 e. The summed E-state index contributed by atoms with van der Waals surface area (Å²) in [5.41, 5.74) is 0.566. The Kier molecular flexibility index (Phi) is 7.50. The first kappa shape index (κ1) is 21.6. The van der Waals surface area contributed by atoms with Gasteiger partial charge < -0.3 is 14.8 Å². The number of aryl methyl sites for hydroxylation is 1. The molecule has 1 aromatic heterocycles. The summed E-state index contributed by atoms with van der Waals surface area (Å²) in [5, 5.41) is 4.24. The standard InChI is InChI=1S/C21H25ClN2O4S/c1-13-3-7-16(8-4-13)24-18(25)11-28-21(26)20-14(2)23-19(29-20)12-27-17-9-5-15(22)6-10-17/h5-6,9-10,13,16H,3-4,7-8,11-12H2,1-2H3,(H,24,25). The number of esters is 1. The van der Waals surface area contributed by atoms with Crippen LogP contribution in [0.1, 0.15) is 53.0 Å². The second kappa shape index (κ2) is 10.1. The maximum absolute atomic E-state index is 12.3. The van der Waals surface area contributed by atoms with Crippen LogP contribution in [-0.2, 0) is 16.1 Å². The summed E-state index contributed by atoms with van der Waals surface area (Å²) < 4.78 is 10.8. The van der Waals surface area contributed by atoms with E-state index in [2.05, 4.69) is 17.2 Å². The molecule has 0 bridgehead atoms. The van der Waals surface area contributed by atoms with Crippen molar-refractivity contribution in [1.82, 2.24) is 10.3 Å². The Morgan fingerprint density at radius 1 is 1.21 bits per heavy atom. The lowest BCUT2D eigenvalue weighted by Gasteiger charge is -2.26. The molecule has 1 heterocycles. The smallest absolute Gasteiger partial charge is 0.350 e. The van der Waals surface area contributed by atoms with Crippen LogP contribution < -0.4 is 10.1 Å². The molecule has 2 aromatic rings. The number of rotatable bonds is 7. The van der Waals surface area contributed by atoms with E-state index in [4.69, 9.17) is 21.1 Å². The highest BCUT2D eigenvalue weighted by Crippen LogP contribution is 2.24. The number of hydrogen-bond acceptors (Lipinski definition) is 6. The lowest BCUT2D eigenvalue weighted by Crippen LogP contribution is -2.39. The fourth-order valence-corrected chi connectivity index (χ4v) is 4.25. The van der Waals surface area contributed by atoms with Gasteiger partial charge in [0.2, 0.25) is 0 Å². The van der Waals surface area contributed by atoms with Crippen molar-refractivity contribution >= 4 is 34.8 Å². The molecular formula is C21H25ClN2O4S. The van der Waals surface area contributed by atoms with Crippen molar-refractivity contribution in [1.29, 1.82) is 0 Å². The van der Waals surface area contributed by atoms with Crippen molar-refractivity contribution in [3.63, 3.8) is 0 Å². The van der Waals surface area contributed by atoms with Crippen LogP contribution in [0.15, 0.2) is 24.3 Å². The number of benzene rings is 1. The molecule has 6 nitrogen and oxygen atoms in total. The summed E-state index contributed by atoms with van der Waals surface area (Å²) in [6.45, 7) is 3.92. The van der Waals surface area contributed by atoms with E-state index in [1.807, 2.05) is 0 Å². The Hall–Kier alpha value is -2.12. The van der Waals surface area contributed by atoms with Gasteiger partial charge in [0.05, 0.1) is 5.69 Å². The normalized spacial score (nSPS) is 18.9. The molecule has 3 rings (SSSR count). The summed E-state index contributed by atoms with van der Waals surface area (Å²) >= 11 is 7.06. The highest BCUT2D eigenvalue weighted by Gasteiger charge is 2.22. The second-order valence-electron chi connectivity index (χ2n) is 7.37. The lowest BCUT2D eigenvalue weighted by molar-refractivity contribution is -0.125. The van der Waals surface area contributed by atoms with Crippen LogP contribution >= 0.6 is 22.9 Å². The van der Waals surface area contributed by atoms with Crippen molar-refractivity contribution in [3.8, 4) is 5.75 Å². The van der Waals surface area contributed by atoms with Gasteiger partial charge in [0.15, 0.2) is 6.61 Å². The predicted octanol–water partition coefficient (Wildman–Crippen LogP) is 4.54. The van der Waals surface area contributed by atoms with Gasteiger partial charge in [-0.1, -0.05) is 18.5 Å². The first-order valence-electron chi connectivity index (χ1n) is 9.72. The van der Waals surface area contributed by atoms with E-state index in [0.717, 1.165) is 25.7 Å². The first-order valence-corrected chi connectivity index (χ1v) is 10.9. The predicted molar refractivity (Wildman–Crippen MR) is 112 cm³/mol. The SMILES string of the molecule is Cc1nc(COc2ccc(Cl)cc2)sc1C(=O)OCC(=O)NC1CCC(C)CC1. The van der Waals surface area contributed by atoms with E-state index in [-0.39, 0.29) is 25.2 Å². The van der Waals surface area contributed by atoms with Crippen LogP contribution in [0.2, 0.25) is 5.02 Å². The van der Waals surface area contributed by atoms with Crippen molar-refractivity contribution in [2.75, 3.05) is 6.61 Å². The summed E-state index contributed by atoms with van der Waals surface area (Å²) in [5.74, 6) is 0.588. The Labute approximate surface area is 179 Å². The summed E-state index contributed by atoms with van der Waals surface area (Å²) in [7, 11) is 0. The Balaban J connectivity index is 1.46. The van der Waals surface area contributed by atoms with E-state index in [0.29, 0.717) is 32.3 Å². The van der Waals surface area contributed by atoms with Crippen LogP contribution in [0.4, 0.5) is 0 Å². The van der Waals surface area contributed by atoms with Crippen LogP contribution in [0, 0.1) is 12.8 Å². The molecule has 1 amide bonds. The monoisotopic (exact) mass is 436 g/mol. The van der Waals surface area contributed by atoms with Crippen molar-refractivity contribution < 1.29 is 19.1 Å². The number of nitrogens with one attached hydrogen (secondary N) is 1. The van der Waals surface area contributed by atoms with Crippen LogP contribution in [-0.4, -0.2) is 29.5 Å². The second-order valence-corrected chi connectivity index (χ2v) is 8.89. The molecule has 1 aliphatic rings. The molecule has 0 radical (unpaired) electrons. The maximum atomic E-state index is 12.3. The van der Waals surface area contributed by atoms with Gasteiger partial charge in [-0.15, -0.1) is 11.3 Å². The number of carbonyl (C=O) groups excluding carboxylic acids is 2. The number of halogens is 1.